The van der Waals surface area contributed by atoms with Crippen molar-refractivity contribution in [1.82, 2.24) is 4.98 Å². The largest absolute Gasteiger partial charge is 0.298 e. The number of rotatable bonds is 3. The fourth-order valence-electron chi connectivity index (χ4n) is 1.45. The second kappa shape index (κ2) is 4.24. The third kappa shape index (κ3) is 2.31. The summed E-state index contributed by atoms with van der Waals surface area (Å²) in [6.45, 7) is 0. The van der Waals surface area contributed by atoms with Gasteiger partial charge in [-0.05, 0) is 18.6 Å². The molecule has 1 unspecified atom stereocenters. The van der Waals surface area contributed by atoms with E-state index in [1.54, 1.807) is 23.0 Å². The van der Waals surface area contributed by atoms with Crippen molar-refractivity contribution in [2.75, 3.05) is 5.75 Å². The van der Waals surface area contributed by atoms with Gasteiger partial charge in [0.05, 0.1) is 10.8 Å². The summed E-state index contributed by atoms with van der Waals surface area (Å²) in [6, 6.07) is 0. The van der Waals surface area contributed by atoms with Gasteiger partial charge in [-0.3, -0.25) is 9.78 Å². The lowest BCUT2D eigenvalue weighted by Crippen LogP contribution is -2.15. The Hall–Kier alpha value is -0.350. The molecule has 0 bridgehead atoms. The molecule has 0 radical (unpaired) electrons. The first-order valence-electron chi connectivity index (χ1n) is 4.38. The van der Waals surface area contributed by atoms with Crippen molar-refractivity contribution in [1.29, 1.82) is 0 Å². The molecule has 1 aliphatic rings. The average Bonchev–Trinajstić information content (AvgIpc) is 2.74. The third-order valence-corrected chi connectivity index (χ3v) is 4.33. The summed E-state index contributed by atoms with van der Waals surface area (Å²) in [5.41, 5.74) is 1.78. The molecule has 0 aromatic carbocycles. The summed E-state index contributed by atoms with van der Waals surface area (Å²) in [5.74, 6) is 1.53. The topological polar surface area (TPSA) is 30.0 Å². The lowest BCUT2D eigenvalue weighted by atomic mass is 10.1. The molecule has 2 rings (SSSR count). The van der Waals surface area contributed by atoms with Gasteiger partial charge in [-0.25, -0.2) is 0 Å². The molecule has 0 spiro atoms. The molecule has 70 valence electrons. The molecular weight excluding hydrogens is 202 g/mol. The van der Waals surface area contributed by atoms with Crippen LogP contribution in [0, 0.1) is 0 Å². The van der Waals surface area contributed by atoms with Gasteiger partial charge < -0.3 is 0 Å². The van der Waals surface area contributed by atoms with Crippen LogP contribution in [0.15, 0.2) is 11.7 Å². The van der Waals surface area contributed by atoms with Gasteiger partial charge in [-0.15, -0.1) is 11.3 Å². The SMILES string of the molecule is O=C(Cc1cncs1)C1CCCS1. The summed E-state index contributed by atoms with van der Waals surface area (Å²) in [4.78, 5) is 16.7. The monoisotopic (exact) mass is 213 g/mol. The number of hydrogen-bond donors (Lipinski definition) is 0. The minimum Gasteiger partial charge on any atom is -0.298 e. The van der Waals surface area contributed by atoms with Crippen LogP contribution in [0.5, 0.6) is 0 Å². The smallest absolute Gasteiger partial charge is 0.151 e. The Labute approximate surface area is 85.8 Å². The second-order valence-electron chi connectivity index (χ2n) is 3.11. The predicted octanol–water partition coefficient (Wildman–Crippen LogP) is 2.15. The van der Waals surface area contributed by atoms with E-state index in [2.05, 4.69) is 4.98 Å². The van der Waals surface area contributed by atoms with Crippen molar-refractivity contribution in [3.63, 3.8) is 0 Å². The molecule has 1 atom stereocenters. The molecule has 1 aromatic heterocycles. The molecule has 1 fully saturated rings. The number of ketones is 1. The Balaban J connectivity index is 1.91. The average molecular weight is 213 g/mol. The van der Waals surface area contributed by atoms with Gasteiger partial charge in [0, 0.05) is 17.5 Å². The van der Waals surface area contributed by atoms with Crippen LogP contribution in [0.25, 0.3) is 0 Å². The Morgan fingerprint density at radius 1 is 1.69 bits per heavy atom. The van der Waals surface area contributed by atoms with Crippen LogP contribution >= 0.6 is 23.1 Å². The van der Waals surface area contributed by atoms with E-state index >= 15 is 0 Å². The van der Waals surface area contributed by atoms with E-state index in [0.29, 0.717) is 12.2 Å². The van der Waals surface area contributed by atoms with Crippen LogP contribution < -0.4 is 0 Å². The lowest BCUT2D eigenvalue weighted by molar-refractivity contribution is -0.117. The summed E-state index contributed by atoms with van der Waals surface area (Å²) in [5, 5.41) is 0.266. The molecule has 0 amide bonds. The zero-order chi connectivity index (χ0) is 9.10. The normalized spacial score (nSPS) is 22.0. The molecule has 2 nitrogen and oxygen atoms in total. The highest BCUT2D eigenvalue weighted by atomic mass is 32.2. The molecule has 0 aliphatic carbocycles. The standard InChI is InChI=1S/C9H11NOS2/c11-8(9-2-1-3-12-9)4-7-5-10-6-13-7/h5-6,9H,1-4H2. The minimum atomic E-state index is 0.266. The van der Waals surface area contributed by atoms with Gasteiger partial charge >= 0.3 is 0 Å². The first-order valence-corrected chi connectivity index (χ1v) is 6.31. The Bertz CT molecular complexity index is 278. The number of nitrogens with zero attached hydrogens (tertiary/aromatic N) is 1. The molecule has 0 saturated carbocycles. The molecule has 13 heavy (non-hydrogen) atoms. The molecular formula is C9H11NOS2. The van der Waals surface area contributed by atoms with Crippen molar-refractivity contribution in [2.45, 2.75) is 24.5 Å². The Kier molecular flexibility index (Phi) is 3.01. The van der Waals surface area contributed by atoms with Gasteiger partial charge in [0.25, 0.3) is 0 Å². The van der Waals surface area contributed by atoms with E-state index in [0.717, 1.165) is 17.1 Å². The van der Waals surface area contributed by atoms with Crippen molar-refractivity contribution in [3.05, 3.63) is 16.6 Å². The number of carbonyl (C=O) groups excluding carboxylic acids is 1. The van der Waals surface area contributed by atoms with E-state index in [1.807, 2.05) is 11.8 Å². The van der Waals surface area contributed by atoms with Crippen molar-refractivity contribution < 1.29 is 4.79 Å². The summed E-state index contributed by atoms with van der Waals surface area (Å²) in [7, 11) is 0. The number of hydrogen-bond acceptors (Lipinski definition) is 4. The lowest BCUT2D eigenvalue weighted by Gasteiger charge is -2.04. The highest BCUT2D eigenvalue weighted by Crippen LogP contribution is 2.27. The summed E-state index contributed by atoms with van der Waals surface area (Å²) >= 11 is 3.38. The first-order chi connectivity index (χ1) is 6.36. The van der Waals surface area contributed by atoms with Gasteiger partial charge in [0.1, 0.15) is 0 Å². The predicted molar refractivity (Wildman–Crippen MR) is 56.3 cm³/mol. The van der Waals surface area contributed by atoms with Gasteiger partial charge in [-0.2, -0.15) is 11.8 Å². The number of aromatic nitrogens is 1. The zero-order valence-corrected chi connectivity index (χ0v) is 8.87. The number of thioether (sulfide) groups is 1. The van der Waals surface area contributed by atoms with E-state index in [9.17, 15) is 4.79 Å². The molecule has 1 aromatic rings. The number of Topliss-reactive ketones (excluding diaryl/α,β-unsaturated/α-hetero) is 1. The van der Waals surface area contributed by atoms with Crippen molar-refractivity contribution in [3.8, 4) is 0 Å². The molecule has 0 N–H and O–H groups in total. The summed E-state index contributed by atoms with van der Waals surface area (Å²) < 4.78 is 0. The zero-order valence-electron chi connectivity index (χ0n) is 7.23. The fourth-order valence-corrected chi connectivity index (χ4v) is 3.27. The third-order valence-electron chi connectivity index (χ3n) is 2.12. The second-order valence-corrected chi connectivity index (χ2v) is 5.39. The van der Waals surface area contributed by atoms with Crippen LogP contribution in [0.4, 0.5) is 0 Å². The molecule has 1 aliphatic heterocycles. The summed E-state index contributed by atoms with van der Waals surface area (Å²) in [6.07, 6.45) is 4.65. The van der Waals surface area contributed by atoms with Gasteiger partial charge in [0.2, 0.25) is 0 Å². The van der Waals surface area contributed by atoms with Crippen LogP contribution in [-0.2, 0) is 11.2 Å². The van der Waals surface area contributed by atoms with E-state index < -0.39 is 0 Å². The highest BCUT2D eigenvalue weighted by molar-refractivity contribution is 8.00. The van der Waals surface area contributed by atoms with Gasteiger partial charge in [0.15, 0.2) is 5.78 Å². The maximum absolute atomic E-state index is 11.7. The quantitative estimate of drug-likeness (QED) is 0.770. The number of thiazole rings is 1. The number of carbonyl (C=O) groups is 1. The fraction of sp³-hybridized carbons (Fsp3) is 0.556. The Morgan fingerprint density at radius 2 is 2.62 bits per heavy atom. The molecule has 2 heterocycles. The maximum atomic E-state index is 11.7. The van der Waals surface area contributed by atoms with E-state index in [4.69, 9.17) is 0 Å². The van der Waals surface area contributed by atoms with Gasteiger partial charge in [-0.1, -0.05) is 0 Å². The highest BCUT2D eigenvalue weighted by Gasteiger charge is 2.23. The van der Waals surface area contributed by atoms with Crippen LogP contribution in [0.1, 0.15) is 17.7 Å². The molecule has 4 heteroatoms. The van der Waals surface area contributed by atoms with E-state index in [-0.39, 0.29) is 5.25 Å². The first kappa shape index (κ1) is 9.21. The van der Waals surface area contributed by atoms with Crippen LogP contribution in [0.3, 0.4) is 0 Å². The maximum Gasteiger partial charge on any atom is 0.151 e. The minimum absolute atomic E-state index is 0.266. The van der Waals surface area contributed by atoms with Crippen molar-refractivity contribution in [2.24, 2.45) is 0 Å². The molecule has 1 saturated heterocycles. The van der Waals surface area contributed by atoms with Crippen LogP contribution in [-0.4, -0.2) is 21.8 Å². The van der Waals surface area contributed by atoms with E-state index in [1.165, 1.54) is 6.42 Å². The van der Waals surface area contributed by atoms with Crippen molar-refractivity contribution >= 4 is 28.9 Å². The Morgan fingerprint density at radius 3 is 3.23 bits per heavy atom. The van der Waals surface area contributed by atoms with Crippen LogP contribution in [0.2, 0.25) is 0 Å².